The summed E-state index contributed by atoms with van der Waals surface area (Å²) in [4.78, 5) is 16.8. The first kappa shape index (κ1) is 16.2. The Kier molecular flexibility index (Phi) is 5.73. The molecule has 0 spiro atoms. The van der Waals surface area contributed by atoms with Crippen molar-refractivity contribution in [1.82, 2.24) is 9.80 Å². The van der Waals surface area contributed by atoms with Gasteiger partial charge in [0.25, 0.3) is 5.91 Å². The summed E-state index contributed by atoms with van der Waals surface area (Å²) in [5, 5.41) is 0. The highest BCUT2D eigenvalue weighted by Crippen LogP contribution is 2.11. The Bertz CT molecular complexity index is 608. The number of amides is 1. The van der Waals surface area contributed by atoms with Gasteiger partial charge in [0.05, 0.1) is 0 Å². The smallest absolute Gasteiger partial charge is 0.254 e. The van der Waals surface area contributed by atoms with Crippen molar-refractivity contribution in [3.05, 3.63) is 71.3 Å². The molecule has 22 heavy (non-hydrogen) atoms. The van der Waals surface area contributed by atoms with Crippen LogP contribution in [0.1, 0.15) is 21.5 Å². The van der Waals surface area contributed by atoms with Crippen LogP contribution in [-0.4, -0.2) is 42.9 Å². The maximum Gasteiger partial charge on any atom is 0.254 e. The quantitative estimate of drug-likeness (QED) is 0.817. The average molecular weight is 296 g/mol. The zero-order valence-electron chi connectivity index (χ0n) is 13.6. The first-order chi connectivity index (χ1) is 10.6. The number of hydrogen-bond acceptors (Lipinski definition) is 2. The molecule has 0 radical (unpaired) electrons. The summed E-state index contributed by atoms with van der Waals surface area (Å²) in [6.45, 7) is 4.22. The molecular weight excluding hydrogens is 272 g/mol. The molecule has 2 aromatic rings. The summed E-state index contributed by atoms with van der Waals surface area (Å²) in [6.07, 6.45) is 0. The molecule has 0 atom stereocenters. The highest BCUT2D eigenvalue weighted by atomic mass is 16.2. The van der Waals surface area contributed by atoms with Crippen molar-refractivity contribution in [2.75, 3.05) is 27.2 Å². The Morgan fingerprint density at radius 3 is 2.32 bits per heavy atom. The van der Waals surface area contributed by atoms with Crippen LogP contribution in [0.5, 0.6) is 0 Å². The second-order valence-electron chi connectivity index (χ2n) is 5.89. The van der Waals surface area contributed by atoms with E-state index in [1.165, 1.54) is 0 Å². The van der Waals surface area contributed by atoms with Crippen LogP contribution < -0.4 is 0 Å². The first-order valence-electron chi connectivity index (χ1n) is 7.61. The second-order valence-corrected chi connectivity index (χ2v) is 5.89. The second kappa shape index (κ2) is 7.76. The fourth-order valence-electron chi connectivity index (χ4n) is 2.34. The van der Waals surface area contributed by atoms with E-state index in [1.807, 2.05) is 68.4 Å². The van der Waals surface area contributed by atoms with E-state index in [2.05, 4.69) is 17.0 Å². The van der Waals surface area contributed by atoms with Gasteiger partial charge in [-0.3, -0.25) is 4.79 Å². The maximum atomic E-state index is 12.8. The van der Waals surface area contributed by atoms with E-state index < -0.39 is 0 Å². The minimum Gasteiger partial charge on any atom is -0.333 e. The first-order valence-corrected chi connectivity index (χ1v) is 7.61. The Labute approximate surface area is 133 Å². The van der Waals surface area contributed by atoms with Gasteiger partial charge in [-0.2, -0.15) is 0 Å². The highest BCUT2D eigenvalue weighted by molar-refractivity contribution is 5.94. The van der Waals surface area contributed by atoms with Crippen LogP contribution in [0.4, 0.5) is 0 Å². The van der Waals surface area contributed by atoms with E-state index >= 15 is 0 Å². The van der Waals surface area contributed by atoms with Crippen LogP contribution in [0.3, 0.4) is 0 Å². The van der Waals surface area contributed by atoms with Crippen molar-refractivity contribution < 1.29 is 4.79 Å². The molecule has 116 valence electrons. The van der Waals surface area contributed by atoms with Gasteiger partial charge in [0.1, 0.15) is 0 Å². The van der Waals surface area contributed by atoms with E-state index in [-0.39, 0.29) is 5.91 Å². The molecule has 0 aromatic heterocycles. The summed E-state index contributed by atoms with van der Waals surface area (Å²) < 4.78 is 0. The van der Waals surface area contributed by atoms with Gasteiger partial charge in [-0.15, -0.1) is 0 Å². The summed E-state index contributed by atoms with van der Waals surface area (Å²) in [7, 11) is 4.05. The Hall–Kier alpha value is -2.13. The third kappa shape index (κ3) is 4.71. The largest absolute Gasteiger partial charge is 0.333 e. The lowest BCUT2D eigenvalue weighted by Gasteiger charge is -2.25. The van der Waals surface area contributed by atoms with Gasteiger partial charge in [0.15, 0.2) is 0 Å². The van der Waals surface area contributed by atoms with Crippen molar-refractivity contribution in [1.29, 1.82) is 0 Å². The van der Waals surface area contributed by atoms with Crippen molar-refractivity contribution in [2.24, 2.45) is 0 Å². The molecule has 0 saturated carbocycles. The Morgan fingerprint density at radius 2 is 1.68 bits per heavy atom. The molecule has 0 aliphatic heterocycles. The van der Waals surface area contributed by atoms with Gasteiger partial charge in [-0.1, -0.05) is 48.0 Å². The van der Waals surface area contributed by atoms with E-state index in [0.717, 1.165) is 23.2 Å². The van der Waals surface area contributed by atoms with Crippen LogP contribution >= 0.6 is 0 Å². The van der Waals surface area contributed by atoms with Crippen LogP contribution in [0, 0.1) is 6.92 Å². The SMILES string of the molecule is Cc1cccc(C(=O)N(CCN(C)C)Cc2ccccc2)c1. The molecule has 2 aromatic carbocycles. The minimum absolute atomic E-state index is 0.0920. The number of hydrogen-bond donors (Lipinski definition) is 0. The standard InChI is InChI=1S/C19H24N2O/c1-16-8-7-11-18(14-16)19(22)21(13-12-20(2)3)15-17-9-5-4-6-10-17/h4-11,14H,12-13,15H2,1-3H3. The lowest BCUT2D eigenvalue weighted by molar-refractivity contribution is 0.0732. The maximum absolute atomic E-state index is 12.8. The molecule has 2 rings (SSSR count). The molecule has 0 unspecified atom stereocenters. The number of likely N-dealkylation sites (N-methyl/N-ethyl adjacent to an activating group) is 1. The van der Waals surface area contributed by atoms with Gasteiger partial charge in [0.2, 0.25) is 0 Å². The topological polar surface area (TPSA) is 23.6 Å². The van der Waals surface area contributed by atoms with E-state index in [4.69, 9.17) is 0 Å². The molecular formula is C19H24N2O. The van der Waals surface area contributed by atoms with Crippen molar-refractivity contribution in [3.63, 3.8) is 0 Å². The Morgan fingerprint density at radius 1 is 0.955 bits per heavy atom. The molecule has 3 heteroatoms. The van der Waals surface area contributed by atoms with Crippen LogP contribution in [-0.2, 0) is 6.54 Å². The molecule has 0 aliphatic carbocycles. The number of aryl methyl sites for hydroxylation is 1. The fraction of sp³-hybridized carbons (Fsp3) is 0.316. The average Bonchev–Trinajstić information content (AvgIpc) is 2.51. The predicted octanol–water partition coefficient (Wildman–Crippen LogP) is 3.20. The highest BCUT2D eigenvalue weighted by Gasteiger charge is 2.16. The lowest BCUT2D eigenvalue weighted by Crippen LogP contribution is -2.36. The number of carbonyl (C=O) groups is 1. The van der Waals surface area contributed by atoms with Crippen molar-refractivity contribution >= 4 is 5.91 Å². The lowest BCUT2D eigenvalue weighted by atomic mass is 10.1. The fourth-order valence-corrected chi connectivity index (χ4v) is 2.34. The minimum atomic E-state index is 0.0920. The third-order valence-electron chi connectivity index (χ3n) is 3.59. The van der Waals surface area contributed by atoms with Gasteiger partial charge >= 0.3 is 0 Å². The van der Waals surface area contributed by atoms with Crippen LogP contribution in [0.2, 0.25) is 0 Å². The van der Waals surface area contributed by atoms with Gasteiger partial charge in [-0.05, 0) is 38.7 Å². The zero-order valence-corrected chi connectivity index (χ0v) is 13.6. The molecule has 0 saturated heterocycles. The monoisotopic (exact) mass is 296 g/mol. The molecule has 0 aliphatic rings. The molecule has 0 N–H and O–H groups in total. The zero-order chi connectivity index (χ0) is 15.9. The van der Waals surface area contributed by atoms with Gasteiger partial charge < -0.3 is 9.80 Å². The van der Waals surface area contributed by atoms with Crippen LogP contribution in [0.15, 0.2) is 54.6 Å². The molecule has 0 bridgehead atoms. The summed E-state index contributed by atoms with van der Waals surface area (Å²) in [5.41, 5.74) is 3.02. The molecule has 1 amide bonds. The van der Waals surface area contributed by atoms with E-state index in [9.17, 15) is 4.79 Å². The summed E-state index contributed by atoms with van der Waals surface area (Å²) in [5.74, 6) is 0.0920. The number of nitrogens with zero attached hydrogens (tertiary/aromatic N) is 2. The molecule has 0 heterocycles. The number of rotatable bonds is 6. The van der Waals surface area contributed by atoms with Crippen LogP contribution in [0.25, 0.3) is 0 Å². The van der Waals surface area contributed by atoms with Gasteiger partial charge in [0, 0.05) is 25.2 Å². The number of carbonyl (C=O) groups excluding carboxylic acids is 1. The third-order valence-corrected chi connectivity index (χ3v) is 3.59. The van der Waals surface area contributed by atoms with Gasteiger partial charge in [-0.25, -0.2) is 0 Å². The number of benzene rings is 2. The summed E-state index contributed by atoms with van der Waals surface area (Å²) >= 11 is 0. The predicted molar refractivity (Wildman–Crippen MR) is 90.9 cm³/mol. The molecule has 3 nitrogen and oxygen atoms in total. The summed E-state index contributed by atoms with van der Waals surface area (Å²) in [6, 6.07) is 17.9. The van der Waals surface area contributed by atoms with Crippen molar-refractivity contribution in [2.45, 2.75) is 13.5 Å². The Balaban J connectivity index is 2.17. The molecule has 0 fully saturated rings. The normalized spacial score (nSPS) is 10.7. The van der Waals surface area contributed by atoms with E-state index in [0.29, 0.717) is 13.1 Å². The van der Waals surface area contributed by atoms with Crippen molar-refractivity contribution in [3.8, 4) is 0 Å². The van der Waals surface area contributed by atoms with E-state index in [1.54, 1.807) is 0 Å².